The summed E-state index contributed by atoms with van der Waals surface area (Å²) in [6.45, 7) is 1.87. The summed E-state index contributed by atoms with van der Waals surface area (Å²) in [6.07, 6.45) is 4.21. The topological polar surface area (TPSA) is 84.7 Å². The molecule has 0 aromatic rings. The monoisotopic (exact) mass is 269 g/mol. The number of ether oxygens (including phenoxy) is 1. The van der Waals surface area contributed by atoms with Crippen LogP contribution in [0, 0.1) is 5.41 Å². The molecule has 2 amide bonds. The van der Waals surface area contributed by atoms with E-state index in [1.807, 2.05) is 4.90 Å². The minimum atomic E-state index is -0.434. The summed E-state index contributed by atoms with van der Waals surface area (Å²) in [4.78, 5) is 25.2. The molecule has 0 bridgehead atoms. The zero-order valence-electron chi connectivity index (χ0n) is 11.5. The van der Waals surface area contributed by atoms with Crippen LogP contribution in [-0.4, -0.2) is 49.7 Å². The van der Waals surface area contributed by atoms with Crippen molar-refractivity contribution in [3.05, 3.63) is 0 Å². The molecule has 6 nitrogen and oxygen atoms in total. The first-order valence-corrected chi connectivity index (χ1v) is 6.91. The number of nitrogens with zero attached hydrogens (tertiary/aromatic N) is 1. The Hall–Kier alpha value is -1.30. The second-order valence-corrected chi connectivity index (χ2v) is 5.70. The second-order valence-electron chi connectivity index (χ2n) is 5.70. The molecule has 6 heteroatoms. The Balaban J connectivity index is 1.80. The highest BCUT2D eigenvalue weighted by Crippen LogP contribution is 2.43. The number of nitrogens with one attached hydrogen (secondary N) is 1. The Bertz CT molecular complexity index is 350. The van der Waals surface area contributed by atoms with Crippen LogP contribution < -0.4 is 11.1 Å². The first-order chi connectivity index (χ1) is 9.08. The molecule has 1 saturated heterocycles. The summed E-state index contributed by atoms with van der Waals surface area (Å²) in [5.74, 6) is 0.166. The Morgan fingerprint density at radius 2 is 2.21 bits per heavy atom. The largest absolute Gasteiger partial charge is 0.453 e. The Kier molecular flexibility index (Phi) is 4.29. The first-order valence-electron chi connectivity index (χ1n) is 6.91. The number of likely N-dealkylation sites (tertiary alicyclic amines) is 1. The quantitative estimate of drug-likeness (QED) is 0.776. The van der Waals surface area contributed by atoms with E-state index in [-0.39, 0.29) is 17.4 Å². The van der Waals surface area contributed by atoms with Crippen molar-refractivity contribution in [2.24, 2.45) is 11.1 Å². The van der Waals surface area contributed by atoms with Crippen molar-refractivity contribution in [3.63, 3.8) is 0 Å². The molecule has 2 aliphatic rings. The van der Waals surface area contributed by atoms with Gasteiger partial charge in [-0.25, -0.2) is 4.79 Å². The van der Waals surface area contributed by atoms with E-state index in [1.54, 1.807) is 0 Å². The van der Waals surface area contributed by atoms with E-state index in [0.717, 1.165) is 19.3 Å². The van der Waals surface area contributed by atoms with Gasteiger partial charge in [-0.05, 0) is 31.2 Å². The van der Waals surface area contributed by atoms with Crippen LogP contribution in [0.3, 0.4) is 0 Å². The fourth-order valence-electron chi connectivity index (χ4n) is 2.89. The van der Waals surface area contributed by atoms with Crippen LogP contribution in [-0.2, 0) is 9.53 Å². The molecule has 1 saturated carbocycles. The van der Waals surface area contributed by atoms with Gasteiger partial charge in [0.15, 0.2) is 0 Å². The van der Waals surface area contributed by atoms with Gasteiger partial charge in [0.05, 0.1) is 13.2 Å². The lowest BCUT2D eigenvalue weighted by Crippen LogP contribution is -2.44. The van der Waals surface area contributed by atoms with Crippen LogP contribution in [0.15, 0.2) is 0 Å². The van der Waals surface area contributed by atoms with E-state index >= 15 is 0 Å². The van der Waals surface area contributed by atoms with Crippen LogP contribution in [0.5, 0.6) is 0 Å². The summed E-state index contributed by atoms with van der Waals surface area (Å²) in [6, 6.07) is 0.00613. The molecule has 2 rings (SSSR count). The van der Waals surface area contributed by atoms with Gasteiger partial charge in [-0.3, -0.25) is 4.79 Å². The minimum Gasteiger partial charge on any atom is -0.453 e. The highest BCUT2D eigenvalue weighted by atomic mass is 16.5. The summed E-state index contributed by atoms with van der Waals surface area (Å²) in [5.41, 5.74) is 5.83. The summed E-state index contributed by atoms with van der Waals surface area (Å²) in [5, 5.41) is 2.74. The predicted octanol–water partition coefficient (Wildman–Crippen LogP) is 0.462. The molecule has 0 radical (unpaired) electrons. The van der Waals surface area contributed by atoms with Gasteiger partial charge in [0.25, 0.3) is 0 Å². The van der Waals surface area contributed by atoms with Gasteiger partial charge in [0.1, 0.15) is 0 Å². The fraction of sp³-hybridized carbons (Fsp3) is 0.846. The molecule has 108 valence electrons. The smallest absolute Gasteiger partial charge is 0.407 e. The number of rotatable bonds is 4. The van der Waals surface area contributed by atoms with Crippen LogP contribution in [0.25, 0.3) is 0 Å². The molecule has 2 fully saturated rings. The summed E-state index contributed by atoms with van der Waals surface area (Å²) < 4.78 is 4.56. The van der Waals surface area contributed by atoms with E-state index in [0.29, 0.717) is 26.1 Å². The normalized spacial score (nSPS) is 24.7. The molecule has 0 spiro atoms. The van der Waals surface area contributed by atoms with E-state index in [1.165, 1.54) is 13.5 Å². The Morgan fingerprint density at radius 3 is 2.74 bits per heavy atom. The number of hydrogen-bond donors (Lipinski definition) is 2. The maximum Gasteiger partial charge on any atom is 0.407 e. The van der Waals surface area contributed by atoms with Crippen molar-refractivity contribution in [2.75, 3.05) is 26.7 Å². The highest BCUT2D eigenvalue weighted by Gasteiger charge is 2.39. The maximum atomic E-state index is 12.2. The average molecular weight is 269 g/mol. The fourth-order valence-corrected chi connectivity index (χ4v) is 2.89. The lowest BCUT2D eigenvalue weighted by atomic mass is 9.66. The maximum absolute atomic E-state index is 12.2. The molecule has 1 heterocycles. The van der Waals surface area contributed by atoms with Gasteiger partial charge in [0, 0.05) is 19.5 Å². The zero-order chi connectivity index (χ0) is 13.9. The molecule has 1 unspecified atom stereocenters. The first kappa shape index (κ1) is 14.1. The third kappa shape index (κ3) is 3.18. The lowest BCUT2D eigenvalue weighted by molar-refractivity contribution is -0.134. The van der Waals surface area contributed by atoms with E-state index in [2.05, 4.69) is 10.1 Å². The third-order valence-corrected chi connectivity index (χ3v) is 4.42. The van der Waals surface area contributed by atoms with Crippen LogP contribution in [0.2, 0.25) is 0 Å². The van der Waals surface area contributed by atoms with Gasteiger partial charge >= 0.3 is 6.09 Å². The van der Waals surface area contributed by atoms with E-state index in [9.17, 15) is 9.59 Å². The van der Waals surface area contributed by atoms with Gasteiger partial charge in [0.2, 0.25) is 5.91 Å². The molecular formula is C13H23N3O3. The lowest BCUT2D eigenvalue weighted by Gasteiger charge is -2.41. The second kappa shape index (κ2) is 5.77. The number of carbonyl (C=O) groups is 2. The Morgan fingerprint density at radius 1 is 1.47 bits per heavy atom. The molecule has 0 aromatic carbocycles. The van der Waals surface area contributed by atoms with Crippen LogP contribution in [0.1, 0.15) is 32.1 Å². The van der Waals surface area contributed by atoms with Gasteiger partial charge in [-0.2, -0.15) is 0 Å². The zero-order valence-corrected chi connectivity index (χ0v) is 11.5. The molecule has 0 aromatic heterocycles. The minimum absolute atomic E-state index is 0.00613. The van der Waals surface area contributed by atoms with E-state index in [4.69, 9.17) is 5.73 Å². The highest BCUT2D eigenvalue weighted by molar-refractivity contribution is 5.77. The van der Waals surface area contributed by atoms with Crippen LogP contribution in [0.4, 0.5) is 4.79 Å². The molecule has 1 aliphatic carbocycles. The number of amides is 2. The van der Waals surface area contributed by atoms with Gasteiger partial charge in [-0.15, -0.1) is 0 Å². The summed E-state index contributed by atoms with van der Waals surface area (Å²) in [7, 11) is 1.34. The molecular weight excluding hydrogens is 246 g/mol. The van der Waals surface area contributed by atoms with Crippen molar-refractivity contribution < 1.29 is 14.3 Å². The number of carbonyl (C=O) groups excluding carboxylic acids is 2. The number of alkyl carbamates (subject to hydrolysis) is 1. The SMILES string of the molecule is COC(=O)NC1CCN(C(=O)CC2(CN)CCC2)C1. The molecule has 19 heavy (non-hydrogen) atoms. The molecule has 1 atom stereocenters. The van der Waals surface area contributed by atoms with Crippen molar-refractivity contribution in [1.29, 1.82) is 0 Å². The molecule has 3 N–H and O–H groups in total. The Labute approximate surface area is 113 Å². The number of nitrogens with two attached hydrogens (primary N) is 1. The van der Waals surface area contributed by atoms with Gasteiger partial charge in [-0.1, -0.05) is 6.42 Å². The van der Waals surface area contributed by atoms with Crippen molar-refractivity contribution in [1.82, 2.24) is 10.2 Å². The van der Waals surface area contributed by atoms with Crippen molar-refractivity contribution in [2.45, 2.75) is 38.1 Å². The van der Waals surface area contributed by atoms with E-state index < -0.39 is 6.09 Å². The molecule has 1 aliphatic heterocycles. The third-order valence-electron chi connectivity index (χ3n) is 4.42. The van der Waals surface area contributed by atoms with Crippen LogP contribution >= 0.6 is 0 Å². The van der Waals surface area contributed by atoms with Crippen molar-refractivity contribution >= 4 is 12.0 Å². The van der Waals surface area contributed by atoms with Gasteiger partial charge < -0.3 is 20.7 Å². The standard InChI is InChI=1S/C13H23N3O3/c1-19-12(18)15-10-3-6-16(8-10)11(17)7-13(9-14)4-2-5-13/h10H,2-9,14H2,1H3,(H,15,18). The summed E-state index contributed by atoms with van der Waals surface area (Å²) >= 11 is 0. The van der Waals surface area contributed by atoms with Crippen molar-refractivity contribution in [3.8, 4) is 0 Å². The number of hydrogen-bond acceptors (Lipinski definition) is 4. The predicted molar refractivity (Wildman–Crippen MR) is 70.5 cm³/mol. The average Bonchev–Trinajstić information content (AvgIpc) is 2.82. The number of methoxy groups -OCH3 is 1.